The lowest BCUT2D eigenvalue weighted by Crippen LogP contribution is -2.10. The van der Waals surface area contributed by atoms with Crippen LogP contribution in [0.1, 0.15) is 30.5 Å². The summed E-state index contributed by atoms with van der Waals surface area (Å²) >= 11 is 0. The fraction of sp³-hybridized carbons (Fsp3) is 0.250. The zero-order valence-corrected chi connectivity index (χ0v) is 11.1. The summed E-state index contributed by atoms with van der Waals surface area (Å²) in [5.74, 6) is 0. The zero-order chi connectivity index (χ0) is 14.6. The van der Waals surface area contributed by atoms with Crippen molar-refractivity contribution in [3.05, 3.63) is 65.7 Å². The maximum Gasteiger partial charge on any atom is 0.416 e. The Morgan fingerprint density at radius 1 is 0.950 bits per heavy atom. The molecule has 0 aromatic heterocycles. The molecule has 2 rings (SSSR count). The van der Waals surface area contributed by atoms with Gasteiger partial charge in [0.2, 0.25) is 0 Å². The maximum atomic E-state index is 12.5. The van der Waals surface area contributed by atoms with Crippen molar-refractivity contribution in [1.29, 1.82) is 0 Å². The average molecular weight is 279 g/mol. The second kappa shape index (κ2) is 5.99. The highest BCUT2D eigenvalue weighted by atomic mass is 19.4. The van der Waals surface area contributed by atoms with Gasteiger partial charge in [0.05, 0.1) is 11.6 Å². The molecule has 1 unspecified atom stereocenters. The normalized spacial score (nSPS) is 13.0. The van der Waals surface area contributed by atoms with Gasteiger partial charge in [-0.25, -0.2) is 0 Å². The van der Waals surface area contributed by atoms with Crippen LogP contribution in [0.15, 0.2) is 54.6 Å². The summed E-state index contributed by atoms with van der Waals surface area (Å²) in [4.78, 5) is 0. The minimum absolute atomic E-state index is 0.0907. The zero-order valence-electron chi connectivity index (χ0n) is 11.1. The largest absolute Gasteiger partial charge is 0.416 e. The van der Waals surface area contributed by atoms with Crippen molar-refractivity contribution in [3.63, 3.8) is 0 Å². The molecule has 106 valence electrons. The number of anilines is 1. The molecule has 1 nitrogen and oxygen atoms in total. The molecule has 0 amide bonds. The third kappa shape index (κ3) is 3.53. The summed E-state index contributed by atoms with van der Waals surface area (Å²) in [6.07, 6.45) is -3.44. The van der Waals surface area contributed by atoms with Gasteiger partial charge in [-0.2, -0.15) is 13.2 Å². The molecular formula is C16H16F3N. The molecule has 4 heteroatoms. The molecule has 0 spiro atoms. The second-order valence-electron chi connectivity index (χ2n) is 4.59. The average Bonchev–Trinajstić information content (AvgIpc) is 2.45. The highest BCUT2D eigenvalue weighted by Crippen LogP contribution is 2.30. The molecule has 2 aromatic rings. The van der Waals surface area contributed by atoms with Crippen molar-refractivity contribution in [2.45, 2.75) is 25.6 Å². The summed E-state index contributed by atoms with van der Waals surface area (Å²) in [7, 11) is 0. The van der Waals surface area contributed by atoms with Crippen molar-refractivity contribution in [2.75, 3.05) is 5.32 Å². The second-order valence-corrected chi connectivity index (χ2v) is 4.59. The minimum atomic E-state index is -4.29. The number of alkyl halides is 3. The minimum Gasteiger partial charge on any atom is -0.378 e. The number of benzene rings is 2. The molecule has 0 aliphatic rings. The number of nitrogens with one attached hydrogen (secondary N) is 1. The SMILES string of the molecule is CCC(Nc1ccc(C(F)(F)F)cc1)c1ccccc1. The number of hydrogen-bond donors (Lipinski definition) is 1. The first-order valence-electron chi connectivity index (χ1n) is 6.49. The Bertz CT molecular complexity index is 532. The lowest BCUT2D eigenvalue weighted by atomic mass is 10.0. The Kier molecular flexibility index (Phi) is 4.32. The van der Waals surface area contributed by atoms with Crippen LogP contribution in [0.3, 0.4) is 0 Å². The lowest BCUT2D eigenvalue weighted by Gasteiger charge is -2.19. The Labute approximate surface area is 116 Å². The summed E-state index contributed by atoms with van der Waals surface area (Å²) in [5.41, 5.74) is 1.18. The number of hydrogen-bond acceptors (Lipinski definition) is 1. The molecule has 0 saturated carbocycles. The highest BCUT2D eigenvalue weighted by molar-refractivity contribution is 5.47. The molecule has 0 saturated heterocycles. The molecule has 2 aromatic carbocycles. The van der Waals surface area contributed by atoms with Gasteiger partial charge in [-0.05, 0) is 36.2 Å². The van der Waals surface area contributed by atoms with Crippen LogP contribution in [0.25, 0.3) is 0 Å². The van der Waals surface area contributed by atoms with Crippen molar-refractivity contribution in [3.8, 4) is 0 Å². The van der Waals surface area contributed by atoms with E-state index in [1.54, 1.807) is 0 Å². The number of halogens is 3. The predicted molar refractivity (Wildman–Crippen MR) is 74.5 cm³/mol. The molecule has 20 heavy (non-hydrogen) atoms. The first-order chi connectivity index (χ1) is 9.50. The molecule has 0 fully saturated rings. The smallest absolute Gasteiger partial charge is 0.378 e. The van der Waals surface area contributed by atoms with Gasteiger partial charge in [0.1, 0.15) is 0 Å². The molecule has 0 heterocycles. The van der Waals surface area contributed by atoms with Crippen molar-refractivity contribution < 1.29 is 13.2 Å². The molecular weight excluding hydrogens is 263 g/mol. The molecule has 0 aliphatic carbocycles. The van der Waals surface area contributed by atoms with Gasteiger partial charge in [0.15, 0.2) is 0 Å². The molecule has 0 aliphatic heterocycles. The van der Waals surface area contributed by atoms with Crippen LogP contribution in [-0.2, 0) is 6.18 Å². The summed E-state index contributed by atoms with van der Waals surface area (Å²) in [5, 5.41) is 3.26. The molecule has 1 atom stereocenters. The standard InChI is InChI=1S/C16H16F3N/c1-2-15(12-6-4-3-5-7-12)20-14-10-8-13(9-11-14)16(17,18)19/h3-11,15,20H,2H2,1H3. The van der Waals surface area contributed by atoms with Crippen molar-refractivity contribution in [2.24, 2.45) is 0 Å². The van der Waals surface area contributed by atoms with E-state index in [0.717, 1.165) is 24.1 Å². The Balaban J connectivity index is 2.13. The lowest BCUT2D eigenvalue weighted by molar-refractivity contribution is -0.137. The summed E-state index contributed by atoms with van der Waals surface area (Å²) < 4.78 is 37.5. The van der Waals surface area contributed by atoms with Crippen LogP contribution < -0.4 is 5.32 Å². The topological polar surface area (TPSA) is 12.0 Å². The summed E-state index contributed by atoms with van der Waals surface area (Å²) in [6.45, 7) is 2.04. The number of rotatable bonds is 4. The van der Waals surface area contributed by atoms with Gasteiger partial charge in [0.25, 0.3) is 0 Å². The monoisotopic (exact) mass is 279 g/mol. The molecule has 0 radical (unpaired) electrons. The van der Waals surface area contributed by atoms with Gasteiger partial charge in [-0.1, -0.05) is 37.3 Å². The Morgan fingerprint density at radius 2 is 1.55 bits per heavy atom. The highest BCUT2D eigenvalue weighted by Gasteiger charge is 2.29. The van der Waals surface area contributed by atoms with E-state index in [1.165, 1.54) is 12.1 Å². The van der Waals surface area contributed by atoms with Crippen molar-refractivity contribution in [1.82, 2.24) is 0 Å². The van der Waals surface area contributed by atoms with E-state index in [4.69, 9.17) is 0 Å². The van der Waals surface area contributed by atoms with Gasteiger partial charge in [-0.15, -0.1) is 0 Å². The van der Waals surface area contributed by atoms with Crippen LogP contribution in [-0.4, -0.2) is 0 Å². The van der Waals surface area contributed by atoms with E-state index in [9.17, 15) is 13.2 Å². The Morgan fingerprint density at radius 3 is 2.05 bits per heavy atom. The van der Waals surface area contributed by atoms with E-state index >= 15 is 0 Å². The molecule has 1 N–H and O–H groups in total. The van der Waals surface area contributed by atoms with E-state index in [1.807, 2.05) is 37.3 Å². The van der Waals surface area contributed by atoms with Gasteiger partial charge >= 0.3 is 6.18 Å². The van der Waals surface area contributed by atoms with Crippen LogP contribution >= 0.6 is 0 Å². The quantitative estimate of drug-likeness (QED) is 0.804. The predicted octanol–water partition coefficient (Wildman–Crippen LogP) is 5.27. The van der Waals surface area contributed by atoms with Gasteiger partial charge < -0.3 is 5.32 Å². The van der Waals surface area contributed by atoms with E-state index < -0.39 is 11.7 Å². The van der Waals surface area contributed by atoms with E-state index in [2.05, 4.69) is 5.32 Å². The van der Waals surface area contributed by atoms with E-state index in [0.29, 0.717) is 5.69 Å². The van der Waals surface area contributed by atoms with Gasteiger partial charge in [-0.3, -0.25) is 0 Å². The first-order valence-corrected chi connectivity index (χ1v) is 6.49. The summed E-state index contributed by atoms with van der Waals surface area (Å²) in [6, 6.07) is 15.1. The van der Waals surface area contributed by atoms with Crippen molar-refractivity contribution >= 4 is 5.69 Å². The maximum absolute atomic E-state index is 12.5. The van der Waals surface area contributed by atoms with Crippen LogP contribution in [0.4, 0.5) is 18.9 Å². The molecule has 0 bridgehead atoms. The van der Waals surface area contributed by atoms with Crippen LogP contribution in [0.5, 0.6) is 0 Å². The fourth-order valence-electron chi connectivity index (χ4n) is 2.06. The third-order valence-corrected chi connectivity index (χ3v) is 3.16. The van der Waals surface area contributed by atoms with Crippen LogP contribution in [0, 0.1) is 0 Å². The third-order valence-electron chi connectivity index (χ3n) is 3.16. The van der Waals surface area contributed by atoms with Crippen LogP contribution in [0.2, 0.25) is 0 Å². The van der Waals surface area contributed by atoms with Gasteiger partial charge in [0, 0.05) is 5.69 Å². The Hall–Kier alpha value is -1.97. The fourth-order valence-corrected chi connectivity index (χ4v) is 2.06. The van der Waals surface area contributed by atoms with E-state index in [-0.39, 0.29) is 6.04 Å². The first kappa shape index (κ1) is 14.4.